The van der Waals surface area contributed by atoms with Gasteiger partial charge in [0.2, 0.25) is 0 Å². The van der Waals surface area contributed by atoms with E-state index in [-0.39, 0.29) is 12.1 Å². The van der Waals surface area contributed by atoms with Crippen molar-refractivity contribution in [3.8, 4) is 0 Å². The van der Waals surface area contributed by atoms with Crippen molar-refractivity contribution in [3.63, 3.8) is 0 Å². The zero-order valence-corrected chi connectivity index (χ0v) is 15.1. The van der Waals surface area contributed by atoms with E-state index in [1.165, 1.54) is 24.3 Å². The quantitative estimate of drug-likeness (QED) is 0.801. The summed E-state index contributed by atoms with van der Waals surface area (Å²) in [5.74, 6) is 1.51. The van der Waals surface area contributed by atoms with Gasteiger partial charge >= 0.3 is 6.03 Å². The number of thiophene rings is 1. The normalized spacial score (nSPS) is 20.5. The standard InChI is InChI=1S/C16H27N3OS2/c1-13(12-21-2)18-16(20)17-9-14-5-3-7-19(10-14)11-15-6-4-8-22-15/h4,6,8,13-14H,3,5,7,9-12H2,1-2H3,(H2,17,18,20)/t13-,14+/m0/s1. The first-order valence-electron chi connectivity index (χ1n) is 7.95. The first kappa shape index (κ1) is 17.6. The highest BCUT2D eigenvalue weighted by Crippen LogP contribution is 2.19. The van der Waals surface area contributed by atoms with E-state index >= 15 is 0 Å². The molecule has 0 aliphatic carbocycles. The van der Waals surface area contributed by atoms with E-state index in [1.807, 2.05) is 18.3 Å². The molecule has 1 aromatic rings. The molecule has 124 valence electrons. The fourth-order valence-corrected chi connectivity index (χ4v) is 4.22. The minimum Gasteiger partial charge on any atom is -0.338 e. The number of hydrogen-bond acceptors (Lipinski definition) is 4. The topological polar surface area (TPSA) is 44.4 Å². The Kier molecular flexibility index (Phi) is 7.55. The second-order valence-corrected chi connectivity index (χ2v) is 7.98. The van der Waals surface area contributed by atoms with Crippen LogP contribution in [-0.2, 0) is 6.54 Å². The monoisotopic (exact) mass is 341 g/mol. The van der Waals surface area contributed by atoms with Crippen LogP contribution in [0.25, 0.3) is 0 Å². The van der Waals surface area contributed by atoms with Crippen molar-refractivity contribution in [2.45, 2.75) is 32.4 Å². The highest BCUT2D eigenvalue weighted by atomic mass is 32.2. The summed E-state index contributed by atoms with van der Waals surface area (Å²) in [5.41, 5.74) is 0. The number of nitrogens with zero attached hydrogens (tertiary/aromatic N) is 1. The molecule has 22 heavy (non-hydrogen) atoms. The van der Waals surface area contributed by atoms with Gasteiger partial charge in [-0.25, -0.2) is 4.79 Å². The molecule has 2 N–H and O–H groups in total. The Bertz CT molecular complexity index is 439. The molecule has 1 aromatic heterocycles. The Morgan fingerprint density at radius 2 is 2.45 bits per heavy atom. The molecular formula is C16H27N3OS2. The summed E-state index contributed by atoms with van der Waals surface area (Å²) in [7, 11) is 0. The van der Waals surface area contributed by atoms with Crippen LogP contribution >= 0.6 is 23.1 Å². The first-order valence-corrected chi connectivity index (χ1v) is 10.2. The van der Waals surface area contributed by atoms with Crippen molar-refractivity contribution >= 4 is 29.1 Å². The van der Waals surface area contributed by atoms with Crippen LogP contribution in [0.2, 0.25) is 0 Å². The third-order valence-corrected chi connectivity index (χ3v) is 5.60. The van der Waals surface area contributed by atoms with Gasteiger partial charge in [-0.15, -0.1) is 11.3 Å². The highest BCUT2D eigenvalue weighted by molar-refractivity contribution is 7.98. The molecule has 6 heteroatoms. The summed E-state index contributed by atoms with van der Waals surface area (Å²) in [6, 6.07) is 4.50. The molecule has 0 unspecified atom stereocenters. The number of rotatable bonds is 7. The smallest absolute Gasteiger partial charge is 0.315 e. The maximum atomic E-state index is 11.9. The van der Waals surface area contributed by atoms with Gasteiger partial charge in [-0.2, -0.15) is 11.8 Å². The Balaban J connectivity index is 1.68. The molecule has 0 saturated carbocycles. The van der Waals surface area contributed by atoms with Gasteiger partial charge in [0.1, 0.15) is 0 Å². The number of piperidine rings is 1. The number of urea groups is 1. The van der Waals surface area contributed by atoms with Crippen LogP contribution in [0.1, 0.15) is 24.6 Å². The summed E-state index contributed by atoms with van der Waals surface area (Å²) >= 11 is 3.58. The fraction of sp³-hybridized carbons (Fsp3) is 0.688. The lowest BCUT2D eigenvalue weighted by molar-refractivity contribution is 0.166. The van der Waals surface area contributed by atoms with Gasteiger partial charge in [-0.1, -0.05) is 6.07 Å². The van der Waals surface area contributed by atoms with Crippen molar-refractivity contribution in [2.24, 2.45) is 5.92 Å². The van der Waals surface area contributed by atoms with Gasteiger partial charge in [0, 0.05) is 36.3 Å². The number of hydrogen-bond donors (Lipinski definition) is 2. The predicted molar refractivity (Wildman–Crippen MR) is 96.7 cm³/mol. The number of likely N-dealkylation sites (tertiary alicyclic amines) is 1. The molecule has 0 radical (unpaired) electrons. The van der Waals surface area contributed by atoms with Crippen LogP contribution in [0.15, 0.2) is 17.5 Å². The summed E-state index contributed by atoms with van der Waals surface area (Å²) in [4.78, 5) is 15.8. The average Bonchev–Trinajstić information content (AvgIpc) is 2.99. The van der Waals surface area contributed by atoms with Crippen LogP contribution in [0.4, 0.5) is 4.79 Å². The first-order chi connectivity index (χ1) is 10.7. The Hall–Kier alpha value is -0.720. The maximum Gasteiger partial charge on any atom is 0.315 e. The number of amides is 2. The van der Waals surface area contributed by atoms with E-state index < -0.39 is 0 Å². The Morgan fingerprint density at radius 3 is 3.18 bits per heavy atom. The number of carbonyl (C=O) groups is 1. The van der Waals surface area contributed by atoms with Gasteiger partial charge in [-0.05, 0) is 49.9 Å². The maximum absolute atomic E-state index is 11.9. The third-order valence-electron chi connectivity index (χ3n) is 3.91. The molecule has 1 aliphatic heterocycles. The zero-order valence-electron chi connectivity index (χ0n) is 13.5. The van der Waals surface area contributed by atoms with Crippen LogP contribution in [0.5, 0.6) is 0 Å². The van der Waals surface area contributed by atoms with Crippen molar-refractivity contribution in [1.29, 1.82) is 0 Å². The summed E-state index contributed by atoms with van der Waals surface area (Å²) in [6.45, 7) is 6.12. The van der Waals surface area contributed by atoms with Gasteiger partial charge in [0.05, 0.1) is 0 Å². The molecule has 1 aliphatic rings. The number of carbonyl (C=O) groups excluding carboxylic acids is 1. The average molecular weight is 342 g/mol. The van der Waals surface area contributed by atoms with E-state index in [0.29, 0.717) is 5.92 Å². The van der Waals surface area contributed by atoms with Crippen LogP contribution in [0, 0.1) is 5.92 Å². The van der Waals surface area contributed by atoms with Crippen LogP contribution < -0.4 is 10.6 Å². The molecule has 2 atom stereocenters. The van der Waals surface area contributed by atoms with E-state index in [1.54, 1.807) is 11.8 Å². The van der Waals surface area contributed by atoms with Crippen molar-refractivity contribution in [1.82, 2.24) is 15.5 Å². The largest absolute Gasteiger partial charge is 0.338 e. The second kappa shape index (κ2) is 9.43. The van der Waals surface area contributed by atoms with Crippen LogP contribution in [0.3, 0.4) is 0 Å². The number of nitrogens with one attached hydrogen (secondary N) is 2. The van der Waals surface area contributed by atoms with Gasteiger partial charge in [0.15, 0.2) is 0 Å². The minimum atomic E-state index is -0.0306. The molecule has 1 saturated heterocycles. The molecule has 2 amide bonds. The lowest BCUT2D eigenvalue weighted by Crippen LogP contribution is -2.46. The number of thioether (sulfide) groups is 1. The molecule has 2 rings (SSSR count). The third kappa shape index (κ3) is 6.18. The highest BCUT2D eigenvalue weighted by Gasteiger charge is 2.20. The predicted octanol–water partition coefficient (Wildman–Crippen LogP) is 3.01. The molecule has 4 nitrogen and oxygen atoms in total. The lowest BCUT2D eigenvalue weighted by Gasteiger charge is -2.32. The summed E-state index contributed by atoms with van der Waals surface area (Å²) < 4.78 is 0. The summed E-state index contributed by atoms with van der Waals surface area (Å²) in [5, 5.41) is 8.16. The van der Waals surface area contributed by atoms with Gasteiger partial charge in [0.25, 0.3) is 0 Å². The second-order valence-electron chi connectivity index (χ2n) is 6.03. The molecule has 0 aromatic carbocycles. The minimum absolute atomic E-state index is 0.0306. The molecular weight excluding hydrogens is 314 g/mol. The van der Waals surface area contributed by atoms with Crippen molar-refractivity contribution in [2.75, 3.05) is 31.6 Å². The van der Waals surface area contributed by atoms with E-state index in [0.717, 1.165) is 25.4 Å². The van der Waals surface area contributed by atoms with Gasteiger partial charge in [-0.3, -0.25) is 4.90 Å². The SMILES string of the molecule is CSC[C@H](C)NC(=O)NC[C@H]1CCCN(Cc2cccs2)C1. The fourth-order valence-electron chi connectivity index (χ4n) is 2.89. The van der Waals surface area contributed by atoms with Crippen LogP contribution in [-0.4, -0.2) is 48.6 Å². The van der Waals surface area contributed by atoms with E-state index in [9.17, 15) is 4.79 Å². The summed E-state index contributed by atoms with van der Waals surface area (Å²) in [6.07, 6.45) is 4.49. The van der Waals surface area contributed by atoms with Crippen molar-refractivity contribution < 1.29 is 4.79 Å². The van der Waals surface area contributed by atoms with Crippen molar-refractivity contribution in [3.05, 3.63) is 22.4 Å². The molecule has 1 fully saturated rings. The Labute approximate surface area is 142 Å². The molecule has 2 heterocycles. The van der Waals surface area contributed by atoms with E-state index in [2.05, 4.69) is 39.3 Å². The Morgan fingerprint density at radius 1 is 1.59 bits per heavy atom. The van der Waals surface area contributed by atoms with E-state index in [4.69, 9.17) is 0 Å². The van der Waals surface area contributed by atoms with Gasteiger partial charge < -0.3 is 10.6 Å². The lowest BCUT2D eigenvalue weighted by atomic mass is 9.98. The molecule has 0 bridgehead atoms. The molecule has 0 spiro atoms. The zero-order chi connectivity index (χ0) is 15.8.